The molecular formula is C10H22N2O. The molecule has 0 aliphatic carbocycles. The normalized spacial score (nSPS) is 28.2. The molecule has 0 spiro atoms. The van der Waals surface area contributed by atoms with Gasteiger partial charge in [0.05, 0.1) is 6.61 Å². The largest absolute Gasteiger partial charge is 0.379 e. The van der Waals surface area contributed by atoms with Crippen LogP contribution in [0, 0.1) is 0 Å². The lowest BCUT2D eigenvalue weighted by atomic mass is 10.0. The molecule has 1 atom stereocenters. The van der Waals surface area contributed by atoms with Crippen molar-refractivity contribution in [3.8, 4) is 0 Å². The van der Waals surface area contributed by atoms with Crippen molar-refractivity contribution in [1.82, 2.24) is 5.32 Å². The number of rotatable bonds is 6. The molecule has 1 rings (SSSR count). The molecule has 3 nitrogen and oxygen atoms in total. The Kier molecular flexibility index (Phi) is 4.70. The number of nitrogens with two attached hydrogens (primary N) is 1. The van der Waals surface area contributed by atoms with Crippen molar-refractivity contribution in [2.45, 2.75) is 38.1 Å². The van der Waals surface area contributed by atoms with Crippen molar-refractivity contribution < 1.29 is 4.74 Å². The molecule has 0 aromatic rings. The third-order valence-corrected chi connectivity index (χ3v) is 2.65. The lowest BCUT2D eigenvalue weighted by Gasteiger charge is -2.23. The first kappa shape index (κ1) is 11.0. The molecule has 13 heavy (non-hydrogen) atoms. The van der Waals surface area contributed by atoms with Gasteiger partial charge in [0.25, 0.3) is 0 Å². The summed E-state index contributed by atoms with van der Waals surface area (Å²) in [5.41, 5.74) is 5.66. The highest BCUT2D eigenvalue weighted by Crippen LogP contribution is 2.17. The molecule has 0 amide bonds. The zero-order valence-electron chi connectivity index (χ0n) is 8.64. The minimum absolute atomic E-state index is 0.239. The Bertz CT molecular complexity index is 133. The molecular weight excluding hydrogens is 164 g/mol. The van der Waals surface area contributed by atoms with Gasteiger partial charge in [-0.25, -0.2) is 0 Å². The van der Waals surface area contributed by atoms with Crippen LogP contribution in [0.3, 0.4) is 0 Å². The van der Waals surface area contributed by atoms with Gasteiger partial charge in [-0.15, -0.1) is 0 Å². The highest BCUT2D eigenvalue weighted by Gasteiger charge is 2.28. The SMILES string of the molecule is CC1(NCCCCCN)CCOC1. The van der Waals surface area contributed by atoms with E-state index >= 15 is 0 Å². The summed E-state index contributed by atoms with van der Waals surface area (Å²) in [6, 6.07) is 0. The first-order valence-electron chi connectivity index (χ1n) is 5.30. The van der Waals surface area contributed by atoms with Crippen molar-refractivity contribution in [2.24, 2.45) is 5.73 Å². The summed E-state index contributed by atoms with van der Waals surface area (Å²) in [6.45, 7) is 5.93. The van der Waals surface area contributed by atoms with Crippen LogP contribution in [-0.4, -0.2) is 31.8 Å². The maximum Gasteiger partial charge on any atom is 0.0646 e. The second kappa shape index (κ2) is 5.58. The fourth-order valence-corrected chi connectivity index (χ4v) is 1.64. The smallest absolute Gasteiger partial charge is 0.0646 e. The minimum Gasteiger partial charge on any atom is -0.379 e. The third kappa shape index (κ3) is 4.07. The molecule has 3 heteroatoms. The molecule has 0 aromatic heterocycles. The zero-order chi connectivity index (χ0) is 9.57. The predicted octanol–water partition coefficient (Wildman–Crippen LogP) is 0.884. The summed E-state index contributed by atoms with van der Waals surface area (Å²) >= 11 is 0. The standard InChI is InChI=1S/C10H22N2O/c1-10(5-8-13-9-10)12-7-4-2-3-6-11/h12H,2-9,11H2,1H3. The fraction of sp³-hybridized carbons (Fsp3) is 1.00. The molecule has 1 heterocycles. The summed E-state index contributed by atoms with van der Waals surface area (Å²) < 4.78 is 5.36. The predicted molar refractivity (Wildman–Crippen MR) is 54.7 cm³/mol. The number of nitrogens with one attached hydrogen (secondary N) is 1. The topological polar surface area (TPSA) is 47.3 Å². The first-order chi connectivity index (χ1) is 6.27. The van der Waals surface area contributed by atoms with Crippen molar-refractivity contribution in [3.63, 3.8) is 0 Å². The van der Waals surface area contributed by atoms with E-state index in [1.807, 2.05) is 0 Å². The summed E-state index contributed by atoms with van der Waals surface area (Å²) in [5.74, 6) is 0. The monoisotopic (exact) mass is 186 g/mol. The third-order valence-electron chi connectivity index (χ3n) is 2.65. The Morgan fingerprint density at radius 1 is 1.38 bits per heavy atom. The van der Waals surface area contributed by atoms with E-state index in [1.54, 1.807) is 0 Å². The second-order valence-corrected chi connectivity index (χ2v) is 4.14. The summed E-state index contributed by atoms with van der Waals surface area (Å²) in [4.78, 5) is 0. The average Bonchev–Trinajstić information content (AvgIpc) is 2.53. The summed E-state index contributed by atoms with van der Waals surface area (Å²) in [7, 11) is 0. The molecule has 0 saturated carbocycles. The molecule has 1 saturated heterocycles. The number of hydrogen-bond donors (Lipinski definition) is 2. The number of hydrogen-bond acceptors (Lipinski definition) is 3. The van der Waals surface area contributed by atoms with Gasteiger partial charge in [0.2, 0.25) is 0 Å². The maximum atomic E-state index is 5.42. The molecule has 0 bridgehead atoms. The minimum atomic E-state index is 0.239. The van der Waals surface area contributed by atoms with Gasteiger partial charge < -0.3 is 15.8 Å². The van der Waals surface area contributed by atoms with Crippen LogP contribution in [0.5, 0.6) is 0 Å². The summed E-state index contributed by atoms with van der Waals surface area (Å²) in [5, 5.41) is 3.55. The van der Waals surface area contributed by atoms with E-state index in [0.717, 1.165) is 39.1 Å². The van der Waals surface area contributed by atoms with Gasteiger partial charge in [-0.05, 0) is 39.3 Å². The van der Waals surface area contributed by atoms with Crippen LogP contribution in [0.1, 0.15) is 32.6 Å². The Morgan fingerprint density at radius 2 is 2.23 bits per heavy atom. The molecule has 1 aliphatic rings. The highest BCUT2D eigenvalue weighted by molar-refractivity contribution is 4.86. The van der Waals surface area contributed by atoms with Gasteiger partial charge in [0, 0.05) is 12.1 Å². The van der Waals surface area contributed by atoms with Crippen molar-refractivity contribution in [2.75, 3.05) is 26.3 Å². The van der Waals surface area contributed by atoms with Crippen LogP contribution in [0.2, 0.25) is 0 Å². The fourth-order valence-electron chi connectivity index (χ4n) is 1.64. The van der Waals surface area contributed by atoms with Crippen molar-refractivity contribution >= 4 is 0 Å². The van der Waals surface area contributed by atoms with Crippen molar-refractivity contribution in [1.29, 1.82) is 0 Å². The summed E-state index contributed by atoms with van der Waals surface area (Å²) in [6.07, 6.45) is 4.76. The zero-order valence-corrected chi connectivity index (χ0v) is 8.64. The lowest BCUT2D eigenvalue weighted by Crippen LogP contribution is -2.43. The maximum absolute atomic E-state index is 5.42. The van der Waals surface area contributed by atoms with E-state index in [9.17, 15) is 0 Å². The average molecular weight is 186 g/mol. The number of ether oxygens (including phenoxy) is 1. The van der Waals surface area contributed by atoms with E-state index in [-0.39, 0.29) is 5.54 Å². The van der Waals surface area contributed by atoms with E-state index in [0.29, 0.717) is 0 Å². The first-order valence-corrected chi connectivity index (χ1v) is 5.30. The molecule has 1 unspecified atom stereocenters. The Labute approximate surface area is 81.0 Å². The van der Waals surface area contributed by atoms with Gasteiger partial charge in [-0.1, -0.05) is 6.42 Å². The van der Waals surface area contributed by atoms with E-state index in [2.05, 4.69) is 12.2 Å². The quantitative estimate of drug-likeness (QED) is 0.605. The van der Waals surface area contributed by atoms with Crippen molar-refractivity contribution in [3.05, 3.63) is 0 Å². The molecule has 1 fully saturated rings. The van der Waals surface area contributed by atoms with Crippen LogP contribution in [0.4, 0.5) is 0 Å². The Morgan fingerprint density at radius 3 is 2.85 bits per heavy atom. The van der Waals surface area contributed by atoms with Gasteiger partial charge in [-0.3, -0.25) is 0 Å². The molecule has 3 N–H and O–H groups in total. The van der Waals surface area contributed by atoms with Gasteiger partial charge in [-0.2, -0.15) is 0 Å². The van der Waals surface area contributed by atoms with Gasteiger partial charge in [0.15, 0.2) is 0 Å². The van der Waals surface area contributed by atoms with E-state index in [1.165, 1.54) is 12.8 Å². The van der Waals surface area contributed by atoms with Crippen LogP contribution >= 0.6 is 0 Å². The van der Waals surface area contributed by atoms with Gasteiger partial charge in [0.1, 0.15) is 0 Å². The Hall–Kier alpha value is -0.120. The van der Waals surface area contributed by atoms with Crippen LogP contribution in [0.15, 0.2) is 0 Å². The van der Waals surface area contributed by atoms with Gasteiger partial charge >= 0.3 is 0 Å². The molecule has 1 aliphatic heterocycles. The van der Waals surface area contributed by atoms with E-state index < -0.39 is 0 Å². The van der Waals surface area contributed by atoms with Crippen LogP contribution in [-0.2, 0) is 4.74 Å². The second-order valence-electron chi connectivity index (χ2n) is 4.14. The number of unbranched alkanes of at least 4 members (excludes halogenated alkanes) is 2. The molecule has 78 valence electrons. The lowest BCUT2D eigenvalue weighted by molar-refractivity contribution is 0.171. The molecule has 0 radical (unpaired) electrons. The Balaban J connectivity index is 1.98. The van der Waals surface area contributed by atoms with Crippen LogP contribution < -0.4 is 11.1 Å². The van der Waals surface area contributed by atoms with E-state index in [4.69, 9.17) is 10.5 Å². The molecule has 0 aromatic carbocycles. The van der Waals surface area contributed by atoms with Crippen LogP contribution in [0.25, 0.3) is 0 Å². The highest BCUT2D eigenvalue weighted by atomic mass is 16.5.